The lowest BCUT2D eigenvalue weighted by Crippen LogP contribution is -2.25. The van der Waals surface area contributed by atoms with E-state index in [1.807, 2.05) is 0 Å². The fraction of sp³-hybridized carbons (Fsp3) is 0.214. The lowest BCUT2D eigenvalue weighted by molar-refractivity contribution is -0.154. The van der Waals surface area contributed by atoms with Crippen LogP contribution in [-0.2, 0) is 16.0 Å². The normalized spacial score (nSPS) is 10.9. The van der Waals surface area contributed by atoms with Crippen LogP contribution in [0.2, 0.25) is 0 Å². The zero-order valence-electron chi connectivity index (χ0n) is 10.7. The van der Waals surface area contributed by atoms with Crippen LogP contribution in [0.4, 0.5) is 0 Å². The first-order chi connectivity index (χ1) is 9.41. The molecule has 6 heteroatoms. The van der Waals surface area contributed by atoms with E-state index in [1.165, 1.54) is 17.7 Å². The van der Waals surface area contributed by atoms with Gasteiger partial charge in [0.05, 0.1) is 5.52 Å². The fourth-order valence-electron chi connectivity index (χ4n) is 2.17. The molecule has 0 atom stereocenters. The maximum Gasteiger partial charge on any atom is 0.318 e. The molecule has 6 nitrogen and oxygen atoms in total. The SMILES string of the molecule is CC(=O)n1cc(CC(C(=O)O)C(=O)O)c2ccccc21. The van der Waals surface area contributed by atoms with Crippen molar-refractivity contribution < 1.29 is 24.6 Å². The van der Waals surface area contributed by atoms with Gasteiger partial charge in [-0.25, -0.2) is 0 Å². The second-order valence-electron chi connectivity index (χ2n) is 4.49. The Kier molecular flexibility index (Phi) is 3.56. The van der Waals surface area contributed by atoms with Crippen molar-refractivity contribution in [1.82, 2.24) is 4.57 Å². The van der Waals surface area contributed by atoms with Crippen molar-refractivity contribution in [2.75, 3.05) is 0 Å². The Bertz CT molecular complexity index is 687. The predicted octanol–water partition coefficient (Wildman–Crippen LogP) is 1.63. The fourth-order valence-corrected chi connectivity index (χ4v) is 2.17. The summed E-state index contributed by atoms with van der Waals surface area (Å²) in [6.45, 7) is 1.39. The largest absolute Gasteiger partial charge is 0.481 e. The summed E-state index contributed by atoms with van der Waals surface area (Å²) < 4.78 is 1.39. The summed E-state index contributed by atoms with van der Waals surface area (Å²) in [5.74, 6) is -4.52. The summed E-state index contributed by atoms with van der Waals surface area (Å²) in [5, 5.41) is 18.6. The van der Waals surface area contributed by atoms with Crippen molar-refractivity contribution in [1.29, 1.82) is 0 Å². The standard InChI is InChI=1S/C14H13NO5/c1-8(16)15-7-9(6-11(13(17)18)14(19)20)10-4-2-3-5-12(10)15/h2-5,7,11H,6H2,1H3,(H,17,18)(H,19,20). The highest BCUT2D eigenvalue weighted by atomic mass is 16.4. The number of carboxylic acids is 2. The van der Waals surface area contributed by atoms with Crippen LogP contribution in [0.5, 0.6) is 0 Å². The predicted molar refractivity (Wildman–Crippen MR) is 70.7 cm³/mol. The lowest BCUT2D eigenvalue weighted by Gasteiger charge is -2.05. The molecule has 0 unspecified atom stereocenters. The van der Waals surface area contributed by atoms with Crippen molar-refractivity contribution in [3.05, 3.63) is 36.0 Å². The Hall–Kier alpha value is -2.63. The lowest BCUT2D eigenvalue weighted by atomic mass is 9.99. The summed E-state index contributed by atoms with van der Waals surface area (Å²) in [7, 11) is 0. The highest BCUT2D eigenvalue weighted by molar-refractivity contribution is 5.96. The maximum atomic E-state index is 11.6. The molecule has 1 aromatic heterocycles. The molecule has 2 rings (SSSR count). The molecule has 0 bridgehead atoms. The van der Waals surface area contributed by atoms with Crippen molar-refractivity contribution >= 4 is 28.7 Å². The molecule has 2 aromatic rings. The number of carboxylic acid groups (broad SMARTS) is 2. The molecule has 20 heavy (non-hydrogen) atoms. The number of para-hydroxylation sites is 1. The average Bonchev–Trinajstić information content (AvgIpc) is 2.74. The Morgan fingerprint density at radius 3 is 2.30 bits per heavy atom. The van der Waals surface area contributed by atoms with Crippen molar-refractivity contribution in [3.63, 3.8) is 0 Å². The van der Waals surface area contributed by atoms with E-state index in [1.54, 1.807) is 24.3 Å². The van der Waals surface area contributed by atoms with Gasteiger partial charge < -0.3 is 10.2 Å². The van der Waals surface area contributed by atoms with Crippen LogP contribution >= 0.6 is 0 Å². The van der Waals surface area contributed by atoms with Crippen LogP contribution < -0.4 is 0 Å². The Morgan fingerprint density at radius 2 is 1.75 bits per heavy atom. The second-order valence-corrected chi connectivity index (χ2v) is 4.49. The summed E-state index contributed by atoms with van der Waals surface area (Å²) in [6, 6.07) is 6.99. The van der Waals surface area contributed by atoms with Crippen LogP contribution in [0.15, 0.2) is 30.5 Å². The van der Waals surface area contributed by atoms with E-state index >= 15 is 0 Å². The van der Waals surface area contributed by atoms with Gasteiger partial charge in [-0.1, -0.05) is 18.2 Å². The molecule has 0 spiro atoms. The van der Waals surface area contributed by atoms with Gasteiger partial charge in [0.25, 0.3) is 0 Å². The number of aromatic nitrogens is 1. The minimum absolute atomic E-state index is 0.161. The molecule has 0 aliphatic heterocycles. The minimum atomic E-state index is -1.53. The van der Waals surface area contributed by atoms with Crippen LogP contribution in [-0.4, -0.2) is 32.6 Å². The molecule has 1 aromatic carbocycles. The zero-order chi connectivity index (χ0) is 14.9. The van der Waals surface area contributed by atoms with Crippen molar-refractivity contribution in [3.8, 4) is 0 Å². The van der Waals surface area contributed by atoms with E-state index in [2.05, 4.69) is 0 Å². The molecule has 0 aliphatic rings. The van der Waals surface area contributed by atoms with Gasteiger partial charge in [0.2, 0.25) is 5.91 Å². The van der Waals surface area contributed by atoms with Crippen molar-refractivity contribution in [2.45, 2.75) is 13.3 Å². The summed E-state index contributed by atoms with van der Waals surface area (Å²) in [6.07, 6.45) is 1.34. The number of rotatable bonds is 4. The average molecular weight is 275 g/mol. The third kappa shape index (κ3) is 2.40. The van der Waals surface area contributed by atoms with Gasteiger partial charge in [-0.05, 0) is 18.1 Å². The van der Waals surface area contributed by atoms with E-state index in [-0.39, 0.29) is 12.3 Å². The van der Waals surface area contributed by atoms with E-state index in [9.17, 15) is 14.4 Å². The first-order valence-electron chi connectivity index (χ1n) is 5.97. The van der Waals surface area contributed by atoms with E-state index in [0.29, 0.717) is 16.5 Å². The number of aliphatic carboxylic acids is 2. The van der Waals surface area contributed by atoms with Gasteiger partial charge >= 0.3 is 11.9 Å². The van der Waals surface area contributed by atoms with Crippen LogP contribution in [0.25, 0.3) is 10.9 Å². The Balaban J connectivity index is 2.52. The van der Waals surface area contributed by atoms with E-state index in [0.717, 1.165) is 0 Å². The van der Waals surface area contributed by atoms with E-state index < -0.39 is 17.9 Å². The highest BCUT2D eigenvalue weighted by Gasteiger charge is 2.27. The summed E-state index contributed by atoms with van der Waals surface area (Å²) in [4.78, 5) is 33.5. The number of nitrogens with zero attached hydrogens (tertiary/aromatic N) is 1. The van der Waals surface area contributed by atoms with Gasteiger partial charge in [0.15, 0.2) is 5.92 Å². The van der Waals surface area contributed by atoms with E-state index in [4.69, 9.17) is 10.2 Å². The summed E-state index contributed by atoms with van der Waals surface area (Å²) >= 11 is 0. The third-order valence-electron chi connectivity index (χ3n) is 3.15. The van der Waals surface area contributed by atoms with Crippen molar-refractivity contribution in [2.24, 2.45) is 5.92 Å². The number of carbonyl (C=O) groups excluding carboxylic acids is 1. The third-order valence-corrected chi connectivity index (χ3v) is 3.15. The van der Waals surface area contributed by atoms with Gasteiger partial charge in [0.1, 0.15) is 0 Å². The van der Waals surface area contributed by atoms with Gasteiger partial charge in [0, 0.05) is 18.5 Å². The Labute approximate surface area is 114 Å². The topological polar surface area (TPSA) is 96.6 Å². The first kappa shape index (κ1) is 13.8. The molecular formula is C14H13NO5. The molecule has 0 saturated heterocycles. The van der Waals surface area contributed by atoms with Gasteiger partial charge in [-0.15, -0.1) is 0 Å². The molecule has 104 valence electrons. The smallest absolute Gasteiger partial charge is 0.318 e. The molecule has 0 radical (unpaired) electrons. The number of hydrogen-bond donors (Lipinski definition) is 2. The number of hydrogen-bond acceptors (Lipinski definition) is 3. The quantitative estimate of drug-likeness (QED) is 0.826. The molecular weight excluding hydrogens is 262 g/mol. The highest BCUT2D eigenvalue weighted by Crippen LogP contribution is 2.24. The Morgan fingerprint density at radius 1 is 1.15 bits per heavy atom. The molecule has 1 heterocycles. The molecule has 0 amide bonds. The number of fused-ring (bicyclic) bond motifs is 1. The molecule has 0 saturated carbocycles. The van der Waals surface area contributed by atoms with Gasteiger partial charge in [-0.2, -0.15) is 0 Å². The zero-order valence-corrected chi connectivity index (χ0v) is 10.7. The minimum Gasteiger partial charge on any atom is -0.481 e. The molecule has 0 aliphatic carbocycles. The number of benzene rings is 1. The van der Waals surface area contributed by atoms with Crippen LogP contribution in [0, 0.1) is 5.92 Å². The molecule has 0 fully saturated rings. The number of carbonyl (C=O) groups is 3. The second kappa shape index (κ2) is 5.16. The summed E-state index contributed by atoms with van der Waals surface area (Å²) in [5.41, 5.74) is 1.18. The van der Waals surface area contributed by atoms with Crippen LogP contribution in [0.3, 0.4) is 0 Å². The monoisotopic (exact) mass is 275 g/mol. The first-order valence-corrected chi connectivity index (χ1v) is 5.97. The maximum absolute atomic E-state index is 11.6. The molecule has 2 N–H and O–H groups in total. The van der Waals surface area contributed by atoms with Crippen LogP contribution in [0.1, 0.15) is 17.3 Å². The van der Waals surface area contributed by atoms with Gasteiger partial charge in [-0.3, -0.25) is 19.0 Å².